The first kappa shape index (κ1) is 15.1. The molecule has 0 radical (unpaired) electrons. The minimum absolute atomic E-state index is 0.0832. The number of H-pyrrole nitrogens is 1. The summed E-state index contributed by atoms with van der Waals surface area (Å²) >= 11 is 0. The molecule has 0 atom stereocenters. The summed E-state index contributed by atoms with van der Waals surface area (Å²) in [7, 11) is -2.59. The van der Waals surface area contributed by atoms with Gasteiger partial charge in [-0.05, 0) is 18.6 Å². The van der Waals surface area contributed by atoms with E-state index in [4.69, 9.17) is 5.11 Å². The zero-order valence-electron chi connectivity index (χ0n) is 11.4. The van der Waals surface area contributed by atoms with Gasteiger partial charge in [0, 0.05) is 26.0 Å². The standard InChI is InChI=1S/C12H14N4O4S/c1-8-11(10(12(17)18)15-14-8)21(19,20)16(2)7-9-4-3-5-13-6-9/h3-6H,7H2,1-2H3,(H,14,15)(H,17,18). The number of aromatic nitrogens is 3. The van der Waals surface area contributed by atoms with Crippen molar-refractivity contribution in [3.63, 3.8) is 0 Å². The van der Waals surface area contributed by atoms with E-state index in [-0.39, 0.29) is 17.1 Å². The lowest BCUT2D eigenvalue weighted by atomic mass is 10.3. The average molecular weight is 310 g/mol. The van der Waals surface area contributed by atoms with Crippen molar-refractivity contribution in [1.82, 2.24) is 19.5 Å². The Morgan fingerprint density at radius 3 is 2.76 bits per heavy atom. The zero-order valence-corrected chi connectivity index (χ0v) is 12.3. The molecule has 0 spiro atoms. The molecule has 2 heterocycles. The van der Waals surface area contributed by atoms with Gasteiger partial charge in [0.25, 0.3) is 0 Å². The van der Waals surface area contributed by atoms with Crippen molar-refractivity contribution < 1.29 is 18.3 Å². The normalized spacial score (nSPS) is 11.8. The van der Waals surface area contributed by atoms with Crippen molar-refractivity contribution in [3.05, 3.63) is 41.5 Å². The van der Waals surface area contributed by atoms with E-state index < -0.39 is 21.7 Å². The Kier molecular flexibility index (Phi) is 4.05. The molecule has 21 heavy (non-hydrogen) atoms. The van der Waals surface area contributed by atoms with Crippen molar-refractivity contribution in [3.8, 4) is 0 Å². The van der Waals surface area contributed by atoms with Gasteiger partial charge in [0.15, 0.2) is 5.69 Å². The van der Waals surface area contributed by atoms with Gasteiger partial charge in [0.05, 0.1) is 5.69 Å². The molecule has 0 amide bonds. The predicted octanol–water partition coefficient (Wildman–Crippen LogP) is 0.632. The molecule has 0 fully saturated rings. The molecular weight excluding hydrogens is 296 g/mol. The number of carboxylic acid groups (broad SMARTS) is 1. The van der Waals surface area contributed by atoms with Gasteiger partial charge in [-0.1, -0.05) is 6.07 Å². The van der Waals surface area contributed by atoms with Gasteiger partial charge in [0.2, 0.25) is 10.0 Å². The number of aromatic carboxylic acids is 1. The first-order valence-electron chi connectivity index (χ1n) is 5.97. The summed E-state index contributed by atoms with van der Waals surface area (Å²) in [4.78, 5) is 14.7. The number of aryl methyl sites for hydroxylation is 1. The van der Waals surface area contributed by atoms with Crippen molar-refractivity contribution in [1.29, 1.82) is 0 Å². The maximum Gasteiger partial charge on any atom is 0.357 e. The molecule has 0 saturated heterocycles. The van der Waals surface area contributed by atoms with E-state index in [1.165, 1.54) is 14.0 Å². The van der Waals surface area contributed by atoms with Crippen LogP contribution in [0.15, 0.2) is 29.4 Å². The molecule has 0 bridgehead atoms. The van der Waals surface area contributed by atoms with Crippen LogP contribution in [0.1, 0.15) is 21.7 Å². The largest absolute Gasteiger partial charge is 0.476 e. The second-order valence-electron chi connectivity index (χ2n) is 4.45. The van der Waals surface area contributed by atoms with Gasteiger partial charge >= 0.3 is 5.97 Å². The van der Waals surface area contributed by atoms with Gasteiger partial charge in [-0.3, -0.25) is 10.1 Å². The molecule has 8 nitrogen and oxygen atoms in total. The van der Waals surface area contributed by atoms with Gasteiger partial charge < -0.3 is 5.11 Å². The predicted molar refractivity (Wildman–Crippen MR) is 73.2 cm³/mol. The number of pyridine rings is 1. The SMILES string of the molecule is Cc1[nH]nc(C(=O)O)c1S(=O)(=O)N(C)Cc1cccnc1. The molecule has 9 heteroatoms. The van der Waals surface area contributed by atoms with Gasteiger partial charge in [-0.2, -0.15) is 9.40 Å². The van der Waals surface area contributed by atoms with E-state index in [2.05, 4.69) is 15.2 Å². The molecule has 2 rings (SSSR count). The Morgan fingerprint density at radius 1 is 1.48 bits per heavy atom. The van der Waals surface area contributed by atoms with Crippen LogP contribution in [0.2, 0.25) is 0 Å². The fourth-order valence-electron chi connectivity index (χ4n) is 1.87. The molecule has 0 unspecified atom stereocenters. The first-order chi connectivity index (χ1) is 9.84. The lowest BCUT2D eigenvalue weighted by molar-refractivity contribution is 0.0686. The summed E-state index contributed by atoms with van der Waals surface area (Å²) in [6, 6.07) is 3.43. The number of carbonyl (C=O) groups is 1. The molecule has 0 aliphatic heterocycles. The van der Waals surface area contributed by atoms with Crippen molar-refractivity contribution in [2.24, 2.45) is 0 Å². The smallest absolute Gasteiger partial charge is 0.357 e. The Balaban J connectivity index is 2.38. The molecule has 2 aromatic rings. The van der Waals surface area contributed by atoms with E-state index in [0.29, 0.717) is 5.56 Å². The van der Waals surface area contributed by atoms with Crippen LogP contribution in [0, 0.1) is 6.92 Å². The maximum atomic E-state index is 12.5. The van der Waals surface area contributed by atoms with E-state index in [1.54, 1.807) is 24.5 Å². The lowest BCUT2D eigenvalue weighted by Crippen LogP contribution is -2.28. The van der Waals surface area contributed by atoms with Crippen molar-refractivity contribution in [2.45, 2.75) is 18.4 Å². The third-order valence-corrected chi connectivity index (χ3v) is 4.86. The van der Waals surface area contributed by atoms with E-state index in [9.17, 15) is 13.2 Å². The van der Waals surface area contributed by atoms with Crippen molar-refractivity contribution in [2.75, 3.05) is 7.05 Å². The summed E-state index contributed by atoms with van der Waals surface area (Å²) in [6.45, 7) is 1.55. The van der Waals surface area contributed by atoms with E-state index in [0.717, 1.165) is 4.31 Å². The summed E-state index contributed by atoms with van der Waals surface area (Å²) < 4.78 is 26.1. The third kappa shape index (κ3) is 2.93. The van der Waals surface area contributed by atoms with Gasteiger partial charge in [0.1, 0.15) is 4.90 Å². The molecule has 2 aromatic heterocycles. The van der Waals surface area contributed by atoms with Gasteiger partial charge in [-0.15, -0.1) is 0 Å². The summed E-state index contributed by atoms with van der Waals surface area (Å²) in [5.41, 5.74) is 0.373. The van der Waals surface area contributed by atoms with Crippen LogP contribution in [0.5, 0.6) is 0 Å². The number of rotatable bonds is 5. The highest BCUT2D eigenvalue weighted by Crippen LogP contribution is 2.22. The van der Waals surface area contributed by atoms with E-state index in [1.807, 2.05) is 0 Å². The van der Waals surface area contributed by atoms with Gasteiger partial charge in [-0.25, -0.2) is 13.2 Å². The highest BCUT2D eigenvalue weighted by molar-refractivity contribution is 7.89. The topological polar surface area (TPSA) is 116 Å². The molecular formula is C12H14N4O4S. The highest BCUT2D eigenvalue weighted by Gasteiger charge is 2.31. The van der Waals surface area contributed by atoms with Crippen LogP contribution in [0.3, 0.4) is 0 Å². The molecule has 0 saturated carbocycles. The minimum Gasteiger partial charge on any atom is -0.476 e. The Bertz CT molecular complexity index is 755. The van der Waals surface area contributed by atoms with Crippen LogP contribution in [0.4, 0.5) is 0 Å². The first-order valence-corrected chi connectivity index (χ1v) is 7.41. The summed E-state index contributed by atoms with van der Waals surface area (Å²) in [5.74, 6) is -1.40. The van der Waals surface area contributed by atoms with Crippen LogP contribution in [-0.2, 0) is 16.6 Å². The Morgan fingerprint density at radius 2 is 2.19 bits per heavy atom. The van der Waals surface area contributed by atoms with Crippen LogP contribution >= 0.6 is 0 Å². The second-order valence-corrected chi connectivity index (χ2v) is 6.44. The monoisotopic (exact) mass is 310 g/mol. The summed E-state index contributed by atoms with van der Waals surface area (Å²) in [6.07, 6.45) is 3.13. The quantitative estimate of drug-likeness (QED) is 0.836. The van der Waals surface area contributed by atoms with Crippen LogP contribution in [-0.4, -0.2) is 46.0 Å². The minimum atomic E-state index is -3.97. The number of nitrogens with one attached hydrogen (secondary N) is 1. The van der Waals surface area contributed by atoms with Crippen molar-refractivity contribution >= 4 is 16.0 Å². The number of hydrogen-bond acceptors (Lipinski definition) is 5. The molecule has 0 aliphatic rings. The fraction of sp³-hybridized carbons (Fsp3) is 0.250. The zero-order chi connectivity index (χ0) is 15.6. The molecule has 2 N–H and O–H groups in total. The third-order valence-electron chi connectivity index (χ3n) is 2.89. The number of carboxylic acids is 1. The fourth-order valence-corrected chi connectivity index (χ4v) is 3.31. The number of hydrogen-bond donors (Lipinski definition) is 2. The molecule has 0 aromatic carbocycles. The highest BCUT2D eigenvalue weighted by atomic mass is 32.2. The second kappa shape index (κ2) is 5.62. The summed E-state index contributed by atoms with van der Waals surface area (Å²) in [5, 5.41) is 15.0. The number of sulfonamides is 1. The Hall–Kier alpha value is -2.26. The lowest BCUT2D eigenvalue weighted by Gasteiger charge is -2.17. The number of aromatic amines is 1. The van der Waals surface area contributed by atoms with E-state index >= 15 is 0 Å². The maximum absolute atomic E-state index is 12.5. The molecule has 0 aliphatic carbocycles. The Labute approximate surface area is 121 Å². The molecule has 112 valence electrons. The average Bonchev–Trinajstić information content (AvgIpc) is 2.82. The van der Waals surface area contributed by atoms with Crippen LogP contribution in [0.25, 0.3) is 0 Å². The van der Waals surface area contributed by atoms with Crippen LogP contribution < -0.4 is 0 Å². The number of nitrogens with zero attached hydrogens (tertiary/aromatic N) is 3.